The normalized spacial score (nSPS) is 11.3. The van der Waals surface area contributed by atoms with Crippen LogP contribution < -0.4 is 10.1 Å². The van der Waals surface area contributed by atoms with Gasteiger partial charge in [0, 0.05) is 47.5 Å². The van der Waals surface area contributed by atoms with E-state index < -0.39 is 0 Å². The molecular weight excluding hydrogens is 393 g/mol. The zero-order valence-electron chi connectivity index (χ0n) is 17.3. The molecule has 2 aromatic carbocycles. The van der Waals surface area contributed by atoms with Gasteiger partial charge in [-0.15, -0.1) is 0 Å². The molecule has 5 aromatic rings. The number of hydrogen-bond donors (Lipinski definition) is 2. The SMILES string of the molecule is COc1ccc(F)c2c1cc(C)n2CCNc1cc(-c2ccc3cc[nH]c3c2)ncn1. The summed E-state index contributed by atoms with van der Waals surface area (Å²) in [7, 11) is 1.60. The Morgan fingerprint density at radius 2 is 2.00 bits per heavy atom. The summed E-state index contributed by atoms with van der Waals surface area (Å²) in [6, 6.07) is 15.2. The molecule has 0 spiro atoms. The van der Waals surface area contributed by atoms with Crippen LogP contribution >= 0.6 is 0 Å². The molecule has 0 amide bonds. The number of halogens is 1. The number of ether oxygens (including phenoxy) is 1. The summed E-state index contributed by atoms with van der Waals surface area (Å²) in [6.07, 6.45) is 3.48. The van der Waals surface area contributed by atoms with Crippen LogP contribution in [0.25, 0.3) is 33.1 Å². The van der Waals surface area contributed by atoms with Gasteiger partial charge < -0.3 is 19.6 Å². The molecule has 3 aromatic heterocycles. The van der Waals surface area contributed by atoms with Gasteiger partial charge >= 0.3 is 0 Å². The second-order valence-corrected chi connectivity index (χ2v) is 7.44. The molecular formula is C24H22FN5O. The van der Waals surface area contributed by atoms with Crippen LogP contribution in [0.2, 0.25) is 0 Å². The van der Waals surface area contributed by atoms with Crippen molar-refractivity contribution < 1.29 is 9.13 Å². The maximum absolute atomic E-state index is 14.5. The predicted octanol–water partition coefficient (Wildman–Crippen LogP) is 5.15. The van der Waals surface area contributed by atoms with E-state index in [0.717, 1.165) is 39.1 Å². The molecule has 0 fully saturated rings. The van der Waals surface area contributed by atoms with E-state index in [1.54, 1.807) is 19.5 Å². The van der Waals surface area contributed by atoms with Gasteiger partial charge in [-0.25, -0.2) is 14.4 Å². The van der Waals surface area contributed by atoms with E-state index in [0.29, 0.717) is 24.4 Å². The van der Waals surface area contributed by atoms with Gasteiger partial charge in [-0.05, 0) is 42.6 Å². The lowest BCUT2D eigenvalue weighted by Crippen LogP contribution is -2.13. The van der Waals surface area contributed by atoms with Gasteiger partial charge in [0.1, 0.15) is 23.7 Å². The zero-order chi connectivity index (χ0) is 21.4. The van der Waals surface area contributed by atoms with E-state index >= 15 is 0 Å². The third-order valence-electron chi connectivity index (χ3n) is 5.56. The van der Waals surface area contributed by atoms with E-state index in [1.807, 2.05) is 42.0 Å². The number of benzene rings is 2. The van der Waals surface area contributed by atoms with Crippen molar-refractivity contribution in [1.29, 1.82) is 0 Å². The number of nitrogens with zero attached hydrogens (tertiary/aromatic N) is 3. The molecule has 0 unspecified atom stereocenters. The average molecular weight is 415 g/mol. The Morgan fingerprint density at radius 3 is 2.87 bits per heavy atom. The van der Waals surface area contributed by atoms with Crippen molar-refractivity contribution in [2.75, 3.05) is 19.0 Å². The monoisotopic (exact) mass is 415 g/mol. The molecule has 0 saturated carbocycles. The van der Waals surface area contributed by atoms with Gasteiger partial charge in [-0.1, -0.05) is 12.1 Å². The van der Waals surface area contributed by atoms with Crippen LogP contribution in [0, 0.1) is 12.7 Å². The maximum Gasteiger partial charge on any atom is 0.147 e. The van der Waals surface area contributed by atoms with Gasteiger partial charge in [0.15, 0.2) is 0 Å². The van der Waals surface area contributed by atoms with E-state index in [9.17, 15) is 4.39 Å². The Kier molecular flexibility index (Phi) is 4.78. The minimum absolute atomic E-state index is 0.257. The number of aryl methyl sites for hydroxylation is 1. The standard InChI is InChI=1S/C24H22FN5O/c1-15-11-18-22(31-2)6-5-19(25)24(18)30(15)10-9-27-23-13-21(28-14-29-23)17-4-3-16-7-8-26-20(16)12-17/h3-8,11-14,26H,9-10H2,1-2H3,(H,27,28,29). The van der Waals surface area contributed by atoms with E-state index in [-0.39, 0.29) is 5.82 Å². The third kappa shape index (κ3) is 3.48. The summed E-state index contributed by atoms with van der Waals surface area (Å²) in [5, 5.41) is 5.27. The highest BCUT2D eigenvalue weighted by molar-refractivity contribution is 5.88. The number of hydrogen-bond acceptors (Lipinski definition) is 4. The van der Waals surface area contributed by atoms with Crippen molar-refractivity contribution in [3.05, 3.63) is 72.6 Å². The Morgan fingerprint density at radius 1 is 1.10 bits per heavy atom. The first kappa shape index (κ1) is 19.1. The van der Waals surface area contributed by atoms with E-state index in [2.05, 4.69) is 32.4 Å². The quantitative estimate of drug-likeness (QED) is 0.403. The van der Waals surface area contributed by atoms with Crippen LogP contribution in [0.5, 0.6) is 5.75 Å². The lowest BCUT2D eigenvalue weighted by atomic mass is 10.1. The second kappa shape index (κ2) is 7.75. The van der Waals surface area contributed by atoms with Crippen molar-refractivity contribution in [3.63, 3.8) is 0 Å². The first-order valence-corrected chi connectivity index (χ1v) is 10.1. The number of H-pyrrole nitrogens is 1. The predicted molar refractivity (Wildman–Crippen MR) is 121 cm³/mol. The van der Waals surface area contributed by atoms with Crippen molar-refractivity contribution in [1.82, 2.24) is 19.5 Å². The number of fused-ring (bicyclic) bond motifs is 2. The largest absolute Gasteiger partial charge is 0.496 e. The van der Waals surface area contributed by atoms with Gasteiger partial charge in [0.05, 0.1) is 18.3 Å². The van der Waals surface area contributed by atoms with Crippen molar-refractivity contribution in [2.45, 2.75) is 13.5 Å². The van der Waals surface area contributed by atoms with Crippen molar-refractivity contribution >= 4 is 27.6 Å². The summed E-state index contributed by atoms with van der Waals surface area (Å²) in [5.41, 5.74) is 4.45. The first-order valence-electron chi connectivity index (χ1n) is 10.1. The van der Waals surface area contributed by atoms with Crippen LogP contribution in [-0.4, -0.2) is 33.2 Å². The summed E-state index contributed by atoms with van der Waals surface area (Å²) in [4.78, 5) is 12.0. The fourth-order valence-electron chi connectivity index (χ4n) is 4.02. The van der Waals surface area contributed by atoms with Crippen LogP contribution in [0.1, 0.15) is 5.69 Å². The van der Waals surface area contributed by atoms with Crippen molar-refractivity contribution in [2.24, 2.45) is 0 Å². The lowest BCUT2D eigenvalue weighted by molar-refractivity contribution is 0.419. The molecule has 0 saturated heterocycles. The molecule has 0 aliphatic rings. The molecule has 5 rings (SSSR count). The Balaban J connectivity index is 1.35. The molecule has 31 heavy (non-hydrogen) atoms. The molecule has 6 nitrogen and oxygen atoms in total. The highest BCUT2D eigenvalue weighted by Crippen LogP contribution is 2.31. The summed E-state index contributed by atoms with van der Waals surface area (Å²) in [5.74, 6) is 1.14. The van der Waals surface area contributed by atoms with Gasteiger partial charge in [-0.3, -0.25) is 0 Å². The fourth-order valence-corrected chi connectivity index (χ4v) is 4.02. The smallest absolute Gasteiger partial charge is 0.147 e. The number of aromatic amines is 1. The summed E-state index contributed by atoms with van der Waals surface area (Å²) >= 11 is 0. The van der Waals surface area contributed by atoms with Crippen LogP contribution in [-0.2, 0) is 6.54 Å². The molecule has 0 atom stereocenters. The molecule has 0 aliphatic carbocycles. The number of rotatable bonds is 6. The van der Waals surface area contributed by atoms with E-state index in [1.165, 1.54) is 6.07 Å². The number of anilines is 1. The molecule has 0 radical (unpaired) electrons. The van der Waals surface area contributed by atoms with Crippen LogP contribution in [0.3, 0.4) is 0 Å². The van der Waals surface area contributed by atoms with Gasteiger partial charge in [0.2, 0.25) is 0 Å². The molecule has 0 aliphatic heterocycles. The topological polar surface area (TPSA) is 67.8 Å². The number of aromatic nitrogens is 4. The molecule has 156 valence electrons. The maximum atomic E-state index is 14.5. The summed E-state index contributed by atoms with van der Waals surface area (Å²) < 4.78 is 21.9. The fraction of sp³-hybridized carbons (Fsp3) is 0.167. The minimum atomic E-state index is -0.257. The van der Waals surface area contributed by atoms with Gasteiger partial charge in [0.25, 0.3) is 0 Å². The Bertz CT molecular complexity index is 1390. The minimum Gasteiger partial charge on any atom is -0.496 e. The van der Waals surface area contributed by atoms with Crippen LogP contribution in [0.4, 0.5) is 10.2 Å². The molecule has 3 heterocycles. The van der Waals surface area contributed by atoms with Crippen LogP contribution in [0.15, 0.2) is 61.1 Å². The highest BCUT2D eigenvalue weighted by Gasteiger charge is 2.14. The van der Waals surface area contributed by atoms with Gasteiger partial charge in [-0.2, -0.15) is 0 Å². The van der Waals surface area contributed by atoms with Crippen molar-refractivity contribution in [3.8, 4) is 17.0 Å². The molecule has 0 bridgehead atoms. The first-order chi connectivity index (χ1) is 15.1. The number of nitrogens with one attached hydrogen (secondary N) is 2. The highest BCUT2D eigenvalue weighted by atomic mass is 19.1. The number of methoxy groups -OCH3 is 1. The Labute approximate surface area is 178 Å². The average Bonchev–Trinajstić information content (AvgIpc) is 3.38. The molecule has 2 N–H and O–H groups in total. The zero-order valence-corrected chi connectivity index (χ0v) is 17.3. The third-order valence-corrected chi connectivity index (χ3v) is 5.56. The second-order valence-electron chi connectivity index (χ2n) is 7.44. The lowest BCUT2D eigenvalue weighted by Gasteiger charge is -2.12. The van der Waals surface area contributed by atoms with E-state index in [4.69, 9.17) is 4.74 Å². The molecule has 7 heteroatoms. The Hall–Kier alpha value is -3.87. The summed E-state index contributed by atoms with van der Waals surface area (Å²) in [6.45, 7) is 3.15.